The number of rotatable bonds is 3. The Balaban J connectivity index is 1.53. The zero-order valence-electron chi connectivity index (χ0n) is 15.6. The maximum atomic E-state index is 12.7. The third-order valence-electron chi connectivity index (χ3n) is 4.92. The van der Waals surface area contributed by atoms with E-state index < -0.39 is 0 Å². The van der Waals surface area contributed by atoms with E-state index in [-0.39, 0.29) is 5.91 Å². The molecule has 1 aromatic heterocycles. The number of aromatic nitrogens is 2. The molecule has 0 spiro atoms. The summed E-state index contributed by atoms with van der Waals surface area (Å²) in [6.07, 6.45) is 2.61. The SMILES string of the molecule is Cc1ccc(NC(=O)c2ccnc(N3CCc4ccccc4C3)n2)c(C)c1. The number of benzene rings is 2. The quantitative estimate of drug-likeness (QED) is 0.771. The molecule has 2 heterocycles. The third-order valence-corrected chi connectivity index (χ3v) is 4.92. The Morgan fingerprint density at radius 1 is 1.07 bits per heavy atom. The molecule has 0 bridgehead atoms. The van der Waals surface area contributed by atoms with Crippen molar-refractivity contribution >= 4 is 17.5 Å². The number of carbonyl (C=O) groups excluding carboxylic acids is 1. The van der Waals surface area contributed by atoms with Crippen LogP contribution in [-0.2, 0) is 13.0 Å². The van der Waals surface area contributed by atoms with Crippen molar-refractivity contribution in [3.63, 3.8) is 0 Å². The highest BCUT2D eigenvalue weighted by molar-refractivity contribution is 6.03. The molecular formula is C22H22N4O. The molecule has 1 aliphatic heterocycles. The van der Waals surface area contributed by atoms with Crippen LogP contribution in [-0.4, -0.2) is 22.4 Å². The molecule has 0 saturated carbocycles. The molecule has 1 amide bonds. The first kappa shape index (κ1) is 17.2. The van der Waals surface area contributed by atoms with Gasteiger partial charge in [0, 0.05) is 25.0 Å². The van der Waals surface area contributed by atoms with E-state index in [1.54, 1.807) is 12.3 Å². The lowest BCUT2D eigenvalue weighted by molar-refractivity contribution is 0.102. The summed E-state index contributed by atoms with van der Waals surface area (Å²) in [5, 5.41) is 2.95. The van der Waals surface area contributed by atoms with Gasteiger partial charge in [-0.15, -0.1) is 0 Å². The maximum Gasteiger partial charge on any atom is 0.274 e. The highest BCUT2D eigenvalue weighted by Gasteiger charge is 2.19. The van der Waals surface area contributed by atoms with Gasteiger partial charge in [-0.3, -0.25) is 4.79 Å². The second-order valence-corrected chi connectivity index (χ2v) is 6.95. The number of anilines is 2. The number of hydrogen-bond donors (Lipinski definition) is 1. The van der Waals surface area contributed by atoms with Gasteiger partial charge in [0.25, 0.3) is 5.91 Å². The standard InChI is InChI=1S/C22H22N4O/c1-15-7-8-19(16(2)13-15)24-21(27)20-9-11-23-22(25-20)26-12-10-17-5-3-4-6-18(17)14-26/h3-9,11,13H,10,12,14H2,1-2H3,(H,24,27). The van der Waals surface area contributed by atoms with Crippen molar-refractivity contribution < 1.29 is 4.79 Å². The fourth-order valence-corrected chi connectivity index (χ4v) is 3.43. The van der Waals surface area contributed by atoms with E-state index in [4.69, 9.17) is 0 Å². The minimum absolute atomic E-state index is 0.219. The van der Waals surface area contributed by atoms with E-state index >= 15 is 0 Å². The van der Waals surface area contributed by atoms with Crippen molar-refractivity contribution in [1.82, 2.24) is 9.97 Å². The van der Waals surface area contributed by atoms with Gasteiger partial charge in [0.05, 0.1) is 0 Å². The molecule has 0 saturated heterocycles. The van der Waals surface area contributed by atoms with Crippen LogP contribution in [0.1, 0.15) is 32.7 Å². The number of hydrogen-bond acceptors (Lipinski definition) is 4. The number of aryl methyl sites for hydroxylation is 2. The average molecular weight is 358 g/mol. The van der Waals surface area contributed by atoms with E-state index in [1.807, 2.05) is 32.0 Å². The lowest BCUT2D eigenvalue weighted by atomic mass is 10.0. The summed E-state index contributed by atoms with van der Waals surface area (Å²) in [6.45, 7) is 5.63. The van der Waals surface area contributed by atoms with Crippen LogP contribution in [0, 0.1) is 13.8 Å². The normalized spacial score (nSPS) is 13.2. The van der Waals surface area contributed by atoms with E-state index in [0.29, 0.717) is 11.6 Å². The van der Waals surface area contributed by atoms with Crippen molar-refractivity contribution in [3.05, 3.63) is 82.7 Å². The summed E-state index contributed by atoms with van der Waals surface area (Å²) in [5.74, 6) is 0.376. The number of nitrogens with one attached hydrogen (secondary N) is 1. The summed E-state index contributed by atoms with van der Waals surface area (Å²) < 4.78 is 0. The van der Waals surface area contributed by atoms with E-state index in [0.717, 1.165) is 30.8 Å². The summed E-state index contributed by atoms with van der Waals surface area (Å²) in [4.78, 5) is 23.7. The van der Waals surface area contributed by atoms with Gasteiger partial charge in [0.2, 0.25) is 5.95 Å². The Labute approximate surface area is 159 Å². The van der Waals surface area contributed by atoms with Gasteiger partial charge >= 0.3 is 0 Å². The number of amides is 1. The molecule has 0 aliphatic carbocycles. The molecule has 5 heteroatoms. The van der Waals surface area contributed by atoms with Crippen molar-refractivity contribution in [3.8, 4) is 0 Å². The van der Waals surface area contributed by atoms with Gasteiger partial charge in [0.1, 0.15) is 5.69 Å². The van der Waals surface area contributed by atoms with Gasteiger partial charge in [-0.05, 0) is 49.1 Å². The molecule has 0 atom stereocenters. The largest absolute Gasteiger partial charge is 0.336 e. The van der Waals surface area contributed by atoms with Gasteiger partial charge in [-0.1, -0.05) is 42.0 Å². The van der Waals surface area contributed by atoms with Crippen molar-refractivity contribution in [2.75, 3.05) is 16.8 Å². The Morgan fingerprint density at radius 3 is 2.70 bits per heavy atom. The highest BCUT2D eigenvalue weighted by Crippen LogP contribution is 2.22. The number of fused-ring (bicyclic) bond motifs is 1. The predicted octanol–water partition coefficient (Wildman–Crippen LogP) is 3.91. The first-order valence-electron chi connectivity index (χ1n) is 9.13. The van der Waals surface area contributed by atoms with Crippen LogP contribution in [0.2, 0.25) is 0 Å². The summed E-state index contributed by atoms with van der Waals surface area (Å²) in [5.41, 5.74) is 6.04. The molecule has 27 heavy (non-hydrogen) atoms. The average Bonchev–Trinajstić information content (AvgIpc) is 2.70. The minimum atomic E-state index is -0.219. The highest BCUT2D eigenvalue weighted by atomic mass is 16.1. The van der Waals surface area contributed by atoms with E-state index in [2.05, 4.69) is 44.5 Å². The molecule has 0 radical (unpaired) electrons. The smallest absolute Gasteiger partial charge is 0.274 e. The second-order valence-electron chi connectivity index (χ2n) is 6.95. The molecule has 3 aromatic rings. The lowest BCUT2D eigenvalue weighted by Gasteiger charge is -2.28. The fourth-order valence-electron chi connectivity index (χ4n) is 3.43. The fraction of sp³-hybridized carbons (Fsp3) is 0.227. The minimum Gasteiger partial charge on any atom is -0.336 e. The molecule has 136 valence electrons. The number of nitrogens with zero attached hydrogens (tertiary/aromatic N) is 3. The first-order valence-corrected chi connectivity index (χ1v) is 9.13. The third kappa shape index (κ3) is 3.67. The van der Waals surface area contributed by atoms with Crippen molar-refractivity contribution in [2.24, 2.45) is 0 Å². The number of carbonyl (C=O) groups is 1. The second kappa shape index (κ2) is 7.19. The molecule has 0 unspecified atom stereocenters. The van der Waals surface area contributed by atoms with Gasteiger partial charge in [-0.2, -0.15) is 0 Å². The first-order chi connectivity index (χ1) is 13.1. The Morgan fingerprint density at radius 2 is 1.89 bits per heavy atom. The van der Waals surface area contributed by atoms with E-state index in [1.165, 1.54) is 16.7 Å². The van der Waals surface area contributed by atoms with Crippen LogP contribution in [0.3, 0.4) is 0 Å². The van der Waals surface area contributed by atoms with Gasteiger partial charge in [-0.25, -0.2) is 9.97 Å². The molecule has 0 fully saturated rings. The van der Waals surface area contributed by atoms with Crippen LogP contribution in [0.25, 0.3) is 0 Å². The maximum absolute atomic E-state index is 12.7. The van der Waals surface area contributed by atoms with Gasteiger partial charge < -0.3 is 10.2 Å². The predicted molar refractivity (Wildman–Crippen MR) is 107 cm³/mol. The Hall–Kier alpha value is -3.21. The monoisotopic (exact) mass is 358 g/mol. The Kier molecular flexibility index (Phi) is 4.59. The van der Waals surface area contributed by atoms with Gasteiger partial charge in [0.15, 0.2) is 0 Å². The van der Waals surface area contributed by atoms with E-state index in [9.17, 15) is 4.79 Å². The molecule has 5 nitrogen and oxygen atoms in total. The lowest BCUT2D eigenvalue weighted by Crippen LogP contribution is -2.32. The molecule has 1 aliphatic rings. The molecule has 4 rings (SSSR count). The van der Waals surface area contributed by atoms with Crippen LogP contribution in [0.5, 0.6) is 0 Å². The Bertz CT molecular complexity index is 999. The topological polar surface area (TPSA) is 58.1 Å². The van der Waals surface area contributed by atoms with Crippen LogP contribution >= 0.6 is 0 Å². The zero-order chi connectivity index (χ0) is 18.8. The van der Waals surface area contributed by atoms with Crippen LogP contribution in [0.15, 0.2) is 54.7 Å². The summed E-state index contributed by atoms with van der Waals surface area (Å²) >= 11 is 0. The molecule has 2 aromatic carbocycles. The van der Waals surface area contributed by atoms with Crippen LogP contribution in [0.4, 0.5) is 11.6 Å². The van der Waals surface area contributed by atoms with Crippen molar-refractivity contribution in [1.29, 1.82) is 0 Å². The van der Waals surface area contributed by atoms with Crippen molar-refractivity contribution in [2.45, 2.75) is 26.8 Å². The summed E-state index contributed by atoms with van der Waals surface area (Å²) in [7, 11) is 0. The summed E-state index contributed by atoms with van der Waals surface area (Å²) in [6, 6.07) is 16.0. The molecular weight excluding hydrogens is 336 g/mol. The zero-order valence-corrected chi connectivity index (χ0v) is 15.6. The van der Waals surface area contributed by atoms with Crippen LogP contribution < -0.4 is 10.2 Å². The molecule has 1 N–H and O–H groups in total.